The average molecular weight is 362 g/mol. The Labute approximate surface area is 148 Å². The van der Waals surface area contributed by atoms with Crippen LogP contribution in [0.5, 0.6) is 0 Å². The van der Waals surface area contributed by atoms with Gasteiger partial charge in [0.1, 0.15) is 5.54 Å². The molecule has 3 rings (SSSR count). The number of hydrogen-bond acceptors (Lipinski definition) is 5. The predicted octanol–water partition coefficient (Wildman–Crippen LogP) is 3.20. The number of nitrogens with zero attached hydrogens (tertiary/aromatic N) is 1. The Kier molecular flexibility index (Phi) is 4.91. The average Bonchev–Trinajstić information content (AvgIpc) is 3.02. The van der Waals surface area contributed by atoms with E-state index in [-0.39, 0.29) is 5.91 Å². The fraction of sp³-hybridized carbons (Fsp3) is 0.353. The van der Waals surface area contributed by atoms with Crippen LogP contribution in [-0.4, -0.2) is 39.0 Å². The van der Waals surface area contributed by atoms with E-state index >= 15 is 0 Å². The lowest BCUT2D eigenvalue weighted by Gasteiger charge is -2.33. The molecule has 24 heavy (non-hydrogen) atoms. The molecule has 2 aromatic rings. The van der Waals surface area contributed by atoms with Gasteiger partial charge >= 0.3 is 5.97 Å². The highest BCUT2D eigenvalue weighted by Crippen LogP contribution is 2.28. The summed E-state index contributed by atoms with van der Waals surface area (Å²) in [6.07, 6.45) is 0.896. The van der Waals surface area contributed by atoms with Crippen LogP contribution in [0, 0.1) is 6.92 Å². The molecule has 1 aromatic carbocycles. The van der Waals surface area contributed by atoms with Gasteiger partial charge in [0, 0.05) is 16.5 Å². The minimum absolute atomic E-state index is 0.349. The summed E-state index contributed by atoms with van der Waals surface area (Å²) >= 11 is 3.27. The summed E-state index contributed by atoms with van der Waals surface area (Å²) in [6, 6.07) is 7.15. The SMILES string of the molecule is Cc1nc(-c2cccc(C(=O)NC3(C(=O)O)CCSCC3)c2)cs1. The van der Waals surface area contributed by atoms with Gasteiger partial charge in [-0.3, -0.25) is 4.79 Å². The molecule has 2 heterocycles. The molecule has 2 N–H and O–H groups in total. The minimum atomic E-state index is -1.16. The second kappa shape index (κ2) is 6.94. The Bertz CT molecular complexity index is 767. The fourth-order valence-electron chi connectivity index (χ4n) is 2.72. The summed E-state index contributed by atoms with van der Waals surface area (Å²) in [5.74, 6) is 0.177. The van der Waals surface area contributed by atoms with E-state index in [1.165, 1.54) is 0 Å². The van der Waals surface area contributed by atoms with Crippen molar-refractivity contribution in [2.75, 3.05) is 11.5 Å². The monoisotopic (exact) mass is 362 g/mol. The zero-order valence-corrected chi connectivity index (χ0v) is 14.9. The Morgan fingerprint density at radius 3 is 2.67 bits per heavy atom. The first-order chi connectivity index (χ1) is 11.5. The smallest absolute Gasteiger partial charge is 0.329 e. The zero-order chi connectivity index (χ0) is 17.2. The molecule has 5 nitrogen and oxygen atoms in total. The summed E-state index contributed by atoms with van der Waals surface area (Å²) < 4.78 is 0. The molecule has 1 fully saturated rings. The Hall–Kier alpha value is -1.86. The van der Waals surface area contributed by atoms with E-state index in [0.717, 1.165) is 27.8 Å². The van der Waals surface area contributed by atoms with Crippen LogP contribution in [0.15, 0.2) is 29.6 Å². The van der Waals surface area contributed by atoms with Crippen LogP contribution in [0.3, 0.4) is 0 Å². The topological polar surface area (TPSA) is 79.3 Å². The van der Waals surface area contributed by atoms with E-state index in [0.29, 0.717) is 18.4 Å². The van der Waals surface area contributed by atoms with Crippen molar-refractivity contribution >= 4 is 35.0 Å². The highest BCUT2D eigenvalue weighted by atomic mass is 32.2. The molecular weight excluding hydrogens is 344 g/mol. The van der Waals surface area contributed by atoms with Gasteiger partial charge in [-0.25, -0.2) is 9.78 Å². The number of benzene rings is 1. The fourth-order valence-corrected chi connectivity index (χ4v) is 4.53. The molecule has 0 radical (unpaired) electrons. The molecule has 1 aliphatic heterocycles. The van der Waals surface area contributed by atoms with Crippen molar-refractivity contribution in [3.05, 3.63) is 40.2 Å². The summed E-state index contributed by atoms with van der Waals surface area (Å²) in [5, 5.41) is 15.3. The van der Waals surface area contributed by atoms with Crippen molar-refractivity contribution in [3.8, 4) is 11.3 Å². The van der Waals surface area contributed by atoms with Crippen LogP contribution in [0.1, 0.15) is 28.2 Å². The number of carbonyl (C=O) groups excluding carboxylic acids is 1. The van der Waals surface area contributed by atoms with E-state index < -0.39 is 11.5 Å². The van der Waals surface area contributed by atoms with Crippen LogP contribution in [0.2, 0.25) is 0 Å². The normalized spacial score (nSPS) is 16.5. The Morgan fingerprint density at radius 2 is 2.04 bits per heavy atom. The van der Waals surface area contributed by atoms with Crippen molar-refractivity contribution in [3.63, 3.8) is 0 Å². The first-order valence-electron chi connectivity index (χ1n) is 7.66. The highest BCUT2D eigenvalue weighted by Gasteiger charge is 2.41. The lowest BCUT2D eigenvalue weighted by molar-refractivity contribution is -0.144. The molecule has 0 unspecified atom stereocenters. The molecule has 0 saturated carbocycles. The number of thioether (sulfide) groups is 1. The number of carboxylic acid groups (broad SMARTS) is 1. The Morgan fingerprint density at radius 1 is 1.29 bits per heavy atom. The van der Waals surface area contributed by atoms with Crippen LogP contribution >= 0.6 is 23.1 Å². The molecule has 1 saturated heterocycles. The minimum Gasteiger partial charge on any atom is -0.480 e. The standard InChI is InChI=1S/C17H18N2O3S2/c1-11-18-14(10-24-11)12-3-2-4-13(9-12)15(20)19-17(16(21)22)5-7-23-8-6-17/h2-4,9-10H,5-8H2,1H3,(H,19,20)(H,21,22). The van der Waals surface area contributed by atoms with Crippen molar-refractivity contribution in [2.45, 2.75) is 25.3 Å². The first-order valence-corrected chi connectivity index (χ1v) is 9.70. The molecule has 0 spiro atoms. The van der Waals surface area contributed by atoms with Gasteiger partial charge in [0.05, 0.1) is 10.7 Å². The number of thiazole rings is 1. The number of amides is 1. The number of hydrogen-bond donors (Lipinski definition) is 2. The molecule has 126 valence electrons. The quantitative estimate of drug-likeness (QED) is 0.873. The van der Waals surface area contributed by atoms with Crippen molar-refractivity contribution in [2.24, 2.45) is 0 Å². The van der Waals surface area contributed by atoms with E-state index in [9.17, 15) is 14.7 Å². The molecule has 1 aliphatic rings. The third-order valence-electron chi connectivity index (χ3n) is 4.15. The van der Waals surface area contributed by atoms with Gasteiger partial charge in [-0.1, -0.05) is 12.1 Å². The maximum atomic E-state index is 12.6. The van der Waals surface area contributed by atoms with Gasteiger partial charge in [-0.15, -0.1) is 11.3 Å². The van der Waals surface area contributed by atoms with Gasteiger partial charge < -0.3 is 10.4 Å². The van der Waals surface area contributed by atoms with Crippen molar-refractivity contribution in [1.82, 2.24) is 10.3 Å². The zero-order valence-electron chi connectivity index (χ0n) is 13.2. The number of carbonyl (C=O) groups is 2. The van der Waals surface area contributed by atoms with Gasteiger partial charge in [-0.05, 0) is 43.4 Å². The molecule has 7 heteroatoms. The van der Waals surface area contributed by atoms with Gasteiger partial charge in [0.25, 0.3) is 5.91 Å². The first kappa shape index (κ1) is 17.0. The molecular formula is C17H18N2O3S2. The number of aliphatic carboxylic acids is 1. The third-order valence-corrected chi connectivity index (χ3v) is 5.91. The van der Waals surface area contributed by atoms with Crippen molar-refractivity contribution < 1.29 is 14.7 Å². The van der Waals surface area contributed by atoms with Crippen LogP contribution in [0.4, 0.5) is 0 Å². The van der Waals surface area contributed by atoms with E-state index in [1.807, 2.05) is 18.4 Å². The third kappa shape index (κ3) is 3.47. The summed E-state index contributed by atoms with van der Waals surface area (Å²) in [6.45, 7) is 1.93. The number of carboxylic acids is 1. The molecule has 0 atom stereocenters. The lowest BCUT2D eigenvalue weighted by atomic mass is 9.91. The van der Waals surface area contributed by atoms with Crippen LogP contribution < -0.4 is 5.32 Å². The van der Waals surface area contributed by atoms with Crippen molar-refractivity contribution in [1.29, 1.82) is 0 Å². The number of rotatable bonds is 4. The number of aromatic nitrogens is 1. The summed E-state index contributed by atoms with van der Waals surface area (Å²) in [4.78, 5) is 28.7. The lowest BCUT2D eigenvalue weighted by Crippen LogP contribution is -2.56. The Balaban J connectivity index is 1.83. The number of aryl methyl sites for hydroxylation is 1. The highest BCUT2D eigenvalue weighted by molar-refractivity contribution is 7.99. The van der Waals surface area contributed by atoms with E-state index in [2.05, 4.69) is 10.3 Å². The molecule has 1 amide bonds. The van der Waals surface area contributed by atoms with Gasteiger partial charge in [0.2, 0.25) is 0 Å². The number of nitrogens with one attached hydrogen (secondary N) is 1. The van der Waals surface area contributed by atoms with Gasteiger partial charge in [-0.2, -0.15) is 11.8 Å². The molecule has 0 aliphatic carbocycles. The van der Waals surface area contributed by atoms with E-state index in [1.54, 1.807) is 41.3 Å². The van der Waals surface area contributed by atoms with Gasteiger partial charge in [0.15, 0.2) is 0 Å². The molecule has 0 bridgehead atoms. The second-order valence-electron chi connectivity index (χ2n) is 5.79. The van der Waals surface area contributed by atoms with E-state index in [4.69, 9.17) is 0 Å². The van der Waals surface area contributed by atoms with Crippen LogP contribution in [0.25, 0.3) is 11.3 Å². The maximum absolute atomic E-state index is 12.6. The summed E-state index contributed by atoms with van der Waals surface area (Å²) in [7, 11) is 0. The summed E-state index contributed by atoms with van der Waals surface area (Å²) in [5.41, 5.74) is 0.983. The molecule has 1 aromatic heterocycles. The second-order valence-corrected chi connectivity index (χ2v) is 8.07. The largest absolute Gasteiger partial charge is 0.480 e. The van der Waals surface area contributed by atoms with Crippen LogP contribution in [-0.2, 0) is 4.79 Å². The predicted molar refractivity (Wildman–Crippen MR) is 96.7 cm³/mol. The maximum Gasteiger partial charge on any atom is 0.329 e.